The van der Waals surface area contributed by atoms with Crippen molar-refractivity contribution in [3.8, 4) is 5.75 Å². The summed E-state index contributed by atoms with van der Waals surface area (Å²) in [5, 5.41) is 17.6. The first kappa shape index (κ1) is 19.0. The van der Waals surface area contributed by atoms with E-state index in [-0.39, 0.29) is 23.3 Å². The zero-order valence-corrected chi connectivity index (χ0v) is 15.0. The minimum absolute atomic E-state index is 0.125. The van der Waals surface area contributed by atoms with Gasteiger partial charge >= 0.3 is 5.69 Å². The first-order valence-electron chi connectivity index (χ1n) is 8.49. The number of hydrogen-bond donors (Lipinski definition) is 2. The number of ether oxygens (including phenoxy) is 1. The average molecular weight is 382 g/mol. The van der Waals surface area contributed by atoms with Gasteiger partial charge in [-0.3, -0.25) is 19.7 Å². The number of nitro benzene ring substituents is 1. The Labute approximate surface area is 160 Å². The summed E-state index contributed by atoms with van der Waals surface area (Å²) in [6.45, 7) is 0.370. The monoisotopic (exact) mass is 382 g/mol. The fraction of sp³-hybridized carbons (Fsp3) is 0.211. The van der Waals surface area contributed by atoms with E-state index >= 15 is 0 Å². The topological polar surface area (TPSA) is 123 Å². The minimum atomic E-state index is -0.898. The van der Waals surface area contributed by atoms with Crippen molar-refractivity contribution in [3.63, 3.8) is 0 Å². The van der Waals surface area contributed by atoms with Crippen molar-refractivity contribution in [2.24, 2.45) is 11.0 Å². The molecule has 0 radical (unpaired) electrons. The molecule has 2 aromatic carbocycles. The molecule has 1 heterocycles. The number of methoxy groups -OCH3 is 1. The maximum atomic E-state index is 12.5. The van der Waals surface area contributed by atoms with Crippen LogP contribution in [0.4, 0.5) is 5.69 Å². The van der Waals surface area contributed by atoms with Crippen molar-refractivity contribution in [1.29, 1.82) is 0 Å². The van der Waals surface area contributed by atoms with Gasteiger partial charge in [0.15, 0.2) is 5.75 Å². The average Bonchev–Trinajstić information content (AvgIpc) is 3.10. The Morgan fingerprint density at radius 2 is 2.07 bits per heavy atom. The summed E-state index contributed by atoms with van der Waals surface area (Å²) in [6.07, 6.45) is 1.27. The van der Waals surface area contributed by atoms with E-state index < -0.39 is 16.7 Å². The van der Waals surface area contributed by atoms with Crippen LogP contribution in [0.3, 0.4) is 0 Å². The van der Waals surface area contributed by atoms with Crippen LogP contribution in [0.25, 0.3) is 0 Å². The third kappa shape index (κ3) is 3.98. The van der Waals surface area contributed by atoms with Crippen LogP contribution in [0.2, 0.25) is 0 Å². The summed E-state index contributed by atoms with van der Waals surface area (Å²) in [6, 6.07) is 13.6. The van der Waals surface area contributed by atoms with Crippen LogP contribution >= 0.6 is 0 Å². The maximum absolute atomic E-state index is 12.5. The highest BCUT2D eigenvalue weighted by Crippen LogP contribution is 2.29. The molecule has 2 N–H and O–H groups in total. The van der Waals surface area contributed by atoms with E-state index in [1.165, 1.54) is 25.5 Å². The molecule has 1 saturated heterocycles. The number of carbonyl (C=O) groups excluding carboxylic acids is 2. The summed E-state index contributed by atoms with van der Waals surface area (Å²) in [5.41, 5.74) is 3.43. The first-order valence-corrected chi connectivity index (χ1v) is 8.49. The summed E-state index contributed by atoms with van der Waals surface area (Å²) >= 11 is 0. The molecule has 28 heavy (non-hydrogen) atoms. The number of hydrogen-bond acceptors (Lipinski definition) is 6. The van der Waals surface area contributed by atoms with Gasteiger partial charge in [-0.25, -0.2) is 5.43 Å². The van der Waals surface area contributed by atoms with Crippen molar-refractivity contribution in [2.45, 2.75) is 5.92 Å². The Morgan fingerprint density at radius 3 is 2.75 bits per heavy atom. The van der Waals surface area contributed by atoms with Crippen LogP contribution in [-0.2, 0) is 9.59 Å². The Kier molecular flexibility index (Phi) is 5.64. The number of nitrogens with zero attached hydrogens (tertiary/aromatic N) is 2. The van der Waals surface area contributed by atoms with Gasteiger partial charge in [-0.1, -0.05) is 30.3 Å². The zero-order chi connectivity index (χ0) is 20.1. The first-order chi connectivity index (χ1) is 13.5. The number of amides is 2. The number of nitrogens with one attached hydrogen (secondary N) is 2. The second kappa shape index (κ2) is 8.30. The molecule has 2 aromatic rings. The molecule has 2 unspecified atom stereocenters. The van der Waals surface area contributed by atoms with E-state index in [1.807, 2.05) is 30.3 Å². The summed E-state index contributed by atoms with van der Waals surface area (Å²) in [4.78, 5) is 35.1. The highest BCUT2D eigenvalue weighted by Gasteiger charge is 2.40. The summed E-state index contributed by atoms with van der Waals surface area (Å²) in [7, 11) is 1.34. The lowest BCUT2D eigenvalue weighted by Gasteiger charge is -2.15. The van der Waals surface area contributed by atoms with E-state index in [2.05, 4.69) is 15.8 Å². The van der Waals surface area contributed by atoms with Crippen LogP contribution in [0.5, 0.6) is 5.75 Å². The number of hydrazone groups is 1. The van der Waals surface area contributed by atoms with E-state index in [0.717, 1.165) is 5.56 Å². The second-order valence-corrected chi connectivity index (χ2v) is 6.16. The Bertz CT molecular complexity index is 929. The fourth-order valence-electron chi connectivity index (χ4n) is 3.10. The predicted molar refractivity (Wildman–Crippen MR) is 101 cm³/mol. The lowest BCUT2D eigenvalue weighted by molar-refractivity contribution is -0.385. The molecule has 2 amide bonds. The molecule has 2 atom stereocenters. The maximum Gasteiger partial charge on any atom is 0.311 e. The fourth-order valence-corrected chi connectivity index (χ4v) is 3.10. The van der Waals surface area contributed by atoms with Gasteiger partial charge < -0.3 is 10.1 Å². The number of carbonyl (C=O) groups is 2. The molecule has 0 aliphatic carbocycles. The van der Waals surface area contributed by atoms with Gasteiger partial charge in [0.1, 0.15) is 5.92 Å². The highest BCUT2D eigenvalue weighted by atomic mass is 16.6. The number of rotatable bonds is 6. The van der Waals surface area contributed by atoms with Gasteiger partial charge in [-0.15, -0.1) is 0 Å². The number of nitro groups is 1. The molecule has 0 bridgehead atoms. The Hall–Kier alpha value is -3.75. The molecule has 0 spiro atoms. The van der Waals surface area contributed by atoms with E-state index in [9.17, 15) is 19.7 Å². The standard InChI is InChI=1S/C19H18N4O5/c1-28-16-8-7-12(9-15(16)23(26)27)10-21-22-19(25)17-14(11-20-18(17)24)13-5-3-2-4-6-13/h2-10,14,17H,11H2,1H3,(H,20,24)(H,22,25)/b21-10+. The minimum Gasteiger partial charge on any atom is -0.490 e. The normalized spacial score (nSPS) is 18.7. The molecular weight excluding hydrogens is 364 g/mol. The Balaban J connectivity index is 1.71. The van der Waals surface area contributed by atoms with Gasteiger partial charge in [-0.05, 0) is 17.7 Å². The van der Waals surface area contributed by atoms with Crippen LogP contribution in [-0.4, -0.2) is 36.6 Å². The molecular formula is C19H18N4O5. The van der Waals surface area contributed by atoms with Crippen LogP contribution in [0.1, 0.15) is 17.0 Å². The van der Waals surface area contributed by atoms with Crippen LogP contribution < -0.4 is 15.5 Å². The van der Waals surface area contributed by atoms with E-state index in [4.69, 9.17) is 4.74 Å². The molecule has 0 aromatic heterocycles. The quantitative estimate of drug-likeness (QED) is 0.340. The van der Waals surface area contributed by atoms with Crippen molar-refractivity contribution >= 4 is 23.7 Å². The molecule has 3 rings (SSSR count). The third-order valence-electron chi connectivity index (χ3n) is 4.48. The van der Waals surface area contributed by atoms with E-state index in [0.29, 0.717) is 12.1 Å². The van der Waals surface area contributed by atoms with Crippen molar-refractivity contribution in [3.05, 3.63) is 69.8 Å². The molecule has 9 nitrogen and oxygen atoms in total. The Morgan fingerprint density at radius 1 is 1.32 bits per heavy atom. The van der Waals surface area contributed by atoms with Crippen LogP contribution in [0, 0.1) is 16.0 Å². The van der Waals surface area contributed by atoms with Crippen molar-refractivity contribution in [2.75, 3.05) is 13.7 Å². The van der Waals surface area contributed by atoms with E-state index in [1.54, 1.807) is 6.07 Å². The van der Waals surface area contributed by atoms with Gasteiger partial charge in [-0.2, -0.15) is 5.10 Å². The molecule has 1 aliphatic heterocycles. The SMILES string of the molecule is COc1ccc(/C=N/NC(=O)C2C(=O)NCC2c2ccccc2)cc1[N+](=O)[O-]. The summed E-state index contributed by atoms with van der Waals surface area (Å²) in [5.74, 6) is -1.96. The van der Waals surface area contributed by atoms with Gasteiger partial charge in [0, 0.05) is 24.1 Å². The van der Waals surface area contributed by atoms with Crippen LogP contribution in [0.15, 0.2) is 53.6 Å². The zero-order valence-electron chi connectivity index (χ0n) is 15.0. The number of benzene rings is 2. The van der Waals surface area contributed by atoms with Gasteiger partial charge in [0.2, 0.25) is 5.91 Å². The van der Waals surface area contributed by atoms with Crippen molar-refractivity contribution < 1.29 is 19.2 Å². The summed E-state index contributed by atoms with van der Waals surface area (Å²) < 4.78 is 4.94. The predicted octanol–water partition coefficient (Wildman–Crippen LogP) is 1.58. The highest BCUT2D eigenvalue weighted by molar-refractivity contribution is 6.03. The molecule has 144 valence electrons. The lowest BCUT2D eigenvalue weighted by Crippen LogP contribution is -2.34. The van der Waals surface area contributed by atoms with Gasteiger partial charge in [0.05, 0.1) is 18.2 Å². The smallest absolute Gasteiger partial charge is 0.311 e. The second-order valence-electron chi connectivity index (χ2n) is 6.16. The lowest BCUT2D eigenvalue weighted by atomic mass is 9.88. The largest absolute Gasteiger partial charge is 0.490 e. The molecule has 0 saturated carbocycles. The molecule has 1 aliphatic rings. The van der Waals surface area contributed by atoms with Crippen molar-refractivity contribution in [1.82, 2.24) is 10.7 Å². The molecule has 1 fully saturated rings. The third-order valence-corrected chi connectivity index (χ3v) is 4.48. The molecule has 9 heteroatoms. The van der Waals surface area contributed by atoms with Gasteiger partial charge in [0.25, 0.3) is 5.91 Å².